The first-order chi connectivity index (χ1) is 16.3. The van der Waals surface area contributed by atoms with Crippen molar-refractivity contribution in [1.82, 2.24) is 24.3 Å². The minimum atomic E-state index is -0.527. The molecule has 0 saturated carbocycles. The molecule has 9 heteroatoms. The van der Waals surface area contributed by atoms with Crippen LogP contribution in [0.5, 0.6) is 0 Å². The summed E-state index contributed by atoms with van der Waals surface area (Å²) in [5.41, 5.74) is 3.08. The van der Waals surface area contributed by atoms with Crippen molar-refractivity contribution >= 4 is 16.9 Å². The smallest absolute Gasteiger partial charge is 0.282 e. The van der Waals surface area contributed by atoms with E-state index in [1.807, 2.05) is 33.0 Å². The SMILES string of the molecule is Cc1cc2nc(C(=O)N3CCN(C)CC3)c(=O)n(CCC(O)CCN3CCOCC3)c2cc1C. The van der Waals surface area contributed by atoms with Gasteiger partial charge < -0.3 is 24.2 Å². The third-order valence-corrected chi connectivity index (χ3v) is 7.12. The maximum atomic E-state index is 13.5. The minimum absolute atomic E-state index is 0.0249. The normalized spacial score (nSPS) is 19.0. The van der Waals surface area contributed by atoms with Gasteiger partial charge in [0.05, 0.1) is 30.4 Å². The minimum Gasteiger partial charge on any atom is -0.393 e. The van der Waals surface area contributed by atoms with Crippen LogP contribution in [-0.2, 0) is 11.3 Å². The lowest BCUT2D eigenvalue weighted by Crippen LogP contribution is -2.48. The second-order valence-electron chi connectivity index (χ2n) is 9.62. The second-order valence-corrected chi connectivity index (χ2v) is 9.62. The summed E-state index contributed by atoms with van der Waals surface area (Å²) in [4.78, 5) is 37.5. The number of carbonyl (C=O) groups is 1. The van der Waals surface area contributed by atoms with E-state index in [2.05, 4.69) is 14.8 Å². The van der Waals surface area contributed by atoms with Gasteiger partial charge in [-0.3, -0.25) is 14.5 Å². The summed E-state index contributed by atoms with van der Waals surface area (Å²) in [6.07, 6.45) is 0.558. The molecule has 0 bridgehead atoms. The van der Waals surface area contributed by atoms with E-state index in [1.165, 1.54) is 0 Å². The lowest BCUT2D eigenvalue weighted by Gasteiger charge is -2.32. The van der Waals surface area contributed by atoms with Crippen LogP contribution in [0.1, 0.15) is 34.5 Å². The number of carbonyl (C=O) groups excluding carboxylic acids is 1. The summed E-state index contributed by atoms with van der Waals surface area (Å²) in [5, 5.41) is 10.6. The van der Waals surface area contributed by atoms with Crippen molar-refractivity contribution in [1.29, 1.82) is 0 Å². The molecule has 3 heterocycles. The number of aromatic nitrogens is 2. The van der Waals surface area contributed by atoms with Gasteiger partial charge in [0.2, 0.25) is 0 Å². The number of fused-ring (bicyclic) bond motifs is 1. The molecule has 186 valence electrons. The number of hydrogen-bond donors (Lipinski definition) is 1. The Morgan fingerprint density at radius 2 is 1.68 bits per heavy atom. The largest absolute Gasteiger partial charge is 0.393 e. The van der Waals surface area contributed by atoms with Crippen molar-refractivity contribution in [3.63, 3.8) is 0 Å². The van der Waals surface area contributed by atoms with Crippen LogP contribution < -0.4 is 5.56 Å². The first kappa shape index (κ1) is 24.8. The highest BCUT2D eigenvalue weighted by Crippen LogP contribution is 2.19. The van der Waals surface area contributed by atoms with Crippen LogP contribution in [0.15, 0.2) is 16.9 Å². The Hall–Kier alpha value is -2.33. The molecule has 1 N–H and O–H groups in total. The van der Waals surface area contributed by atoms with Gasteiger partial charge in [0, 0.05) is 52.4 Å². The van der Waals surface area contributed by atoms with Crippen LogP contribution in [0.4, 0.5) is 0 Å². The van der Waals surface area contributed by atoms with Crippen molar-refractivity contribution in [3.05, 3.63) is 39.3 Å². The summed E-state index contributed by atoms with van der Waals surface area (Å²) < 4.78 is 7.02. The zero-order chi connectivity index (χ0) is 24.2. The highest BCUT2D eigenvalue weighted by Gasteiger charge is 2.26. The van der Waals surface area contributed by atoms with Crippen LogP contribution in [0.2, 0.25) is 0 Å². The van der Waals surface area contributed by atoms with Crippen LogP contribution in [0, 0.1) is 13.8 Å². The van der Waals surface area contributed by atoms with Gasteiger partial charge in [-0.25, -0.2) is 4.98 Å². The zero-order valence-corrected chi connectivity index (χ0v) is 20.6. The topological polar surface area (TPSA) is 91.1 Å². The molecule has 1 unspecified atom stereocenters. The van der Waals surface area contributed by atoms with E-state index >= 15 is 0 Å². The van der Waals surface area contributed by atoms with Crippen molar-refractivity contribution in [2.45, 2.75) is 39.3 Å². The fourth-order valence-corrected chi connectivity index (χ4v) is 4.60. The number of piperazine rings is 1. The zero-order valence-electron chi connectivity index (χ0n) is 20.6. The molecule has 4 rings (SSSR count). The van der Waals surface area contributed by atoms with Crippen molar-refractivity contribution in [2.75, 3.05) is 66.1 Å². The number of ether oxygens (including phenoxy) is 1. The van der Waals surface area contributed by atoms with Crippen molar-refractivity contribution < 1.29 is 14.6 Å². The molecular weight excluding hydrogens is 434 g/mol. The van der Waals surface area contributed by atoms with Gasteiger partial charge in [0.25, 0.3) is 11.5 Å². The average molecular weight is 472 g/mol. The number of aliphatic hydroxyl groups excluding tert-OH is 1. The molecule has 34 heavy (non-hydrogen) atoms. The number of nitrogens with zero attached hydrogens (tertiary/aromatic N) is 5. The number of benzene rings is 1. The molecule has 1 aromatic carbocycles. The van der Waals surface area contributed by atoms with E-state index in [1.54, 1.807) is 9.47 Å². The third-order valence-electron chi connectivity index (χ3n) is 7.12. The molecule has 9 nitrogen and oxygen atoms in total. The molecule has 2 aliphatic heterocycles. The van der Waals surface area contributed by atoms with Crippen LogP contribution in [0.25, 0.3) is 11.0 Å². The maximum Gasteiger partial charge on any atom is 0.282 e. The van der Waals surface area contributed by atoms with E-state index in [9.17, 15) is 14.7 Å². The Balaban J connectivity index is 1.56. The third kappa shape index (κ3) is 5.66. The maximum absolute atomic E-state index is 13.5. The standard InChI is InChI=1S/C25H37N5O4/c1-18-16-21-22(17-19(18)2)30(7-5-20(31)4-6-28-12-14-34-15-13-28)25(33)23(26-21)24(32)29-10-8-27(3)9-11-29/h16-17,20,31H,4-15H2,1-3H3. The van der Waals surface area contributed by atoms with E-state index in [-0.39, 0.29) is 17.2 Å². The number of morpholine rings is 1. The van der Waals surface area contributed by atoms with Gasteiger partial charge in [-0.05, 0) is 57.0 Å². The summed E-state index contributed by atoms with van der Waals surface area (Å²) >= 11 is 0. The first-order valence-electron chi connectivity index (χ1n) is 12.3. The van der Waals surface area contributed by atoms with E-state index in [4.69, 9.17) is 4.74 Å². The number of aryl methyl sites for hydroxylation is 3. The van der Waals surface area contributed by atoms with Gasteiger partial charge in [-0.15, -0.1) is 0 Å². The Bertz CT molecular complexity index is 1070. The van der Waals surface area contributed by atoms with E-state index in [0.717, 1.165) is 57.1 Å². The van der Waals surface area contributed by atoms with Gasteiger partial charge in [-0.1, -0.05) is 0 Å². The monoisotopic (exact) mass is 471 g/mol. The molecule has 2 fully saturated rings. The van der Waals surface area contributed by atoms with E-state index in [0.29, 0.717) is 43.5 Å². The molecule has 2 aliphatic rings. The summed E-state index contributed by atoms with van der Waals surface area (Å²) in [6, 6.07) is 3.90. The Morgan fingerprint density at radius 3 is 2.38 bits per heavy atom. The van der Waals surface area contributed by atoms with Gasteiger partial charge >= 0.3 is 0 Å². The molecule has 1 atom stereocenters. The fraction of sp³-hybridized carbons (Fsp3) is 0.640. The van der Waals surface area contributed by atoms with Crippen molar-refractivity contribution in [2.24, 2.45) is 0 Å². The Morgan fingerprint density at radius 1 is 1.03 bits per heavy atom. The summed E-state index contributed by atoms with van der Waals surface area (Å²) in [7, 11) is 2.03. The Kier molecular flexibility index (Phi) is 7.98. The lowest BCUT2D eigenvalue weighted by molar-refractivity contribution is 0.0292. The number of rotatable bonds is 7. The molecular formula is C25H37N5O4. The molecule has 2 saturated heterocycles. The number of aliphatic hydroxyl groups is 1. The highest BCUT2D eigenvalue weighted by atomic mass is 16.5. The highest BCUT2D eigenvalue weighted by molar-refractivity contribution is 5.94. The Labute approximate surface area is 200 Å². The first-order valence-corrected chi connectivity index (χ1v) is 12.3. The molecule has 0 radical (unpaired) electrons. The molecule has 1 aromatic heterocycles. The van der Waals surface area contributed by atoms with Gasteiger partial charge in [0.15, 0.2) is 5.69 Å². The number of amides is 1. The quantitative estimate of drug-likeness (QED) is 0.641. The predicted molar refractivity (Wildman–Crippen MR) is 131 cm³/mol. The van der Waals surface area contributed by atoms with Gasteiger partial charge in [-0.2, -0.15) is 0 Å². The molecule has 2 aromatic rings. The van der Waals surface area contributed by atoms with E-state index < -0.39 is 6.10 Å². The fourth-order valence-electron chi connectivity index (χ4n) is 4.60. The number of hydrogen-bond acceptors (Lipinski definition) is 7. The predicted octanol–water partition coefficient (Wildman–Crippen LogP) is 0.874. The summed E-state index contributed by atoms with van der Waals surface area (Å²) in [5.74, 6) is -0.306. The number of likely N-dealkylation sites (N-methyl/N-ethyl adjacent to an activating group) is 1. The molecule has 0 aliphatic carbocycles. The second kappa shape index (κ2) is 10.9. The van der Waals surface area contributed by atoms with Crippen molar-refractivity contribution in [3.8, 4) is 0 Å². The molecule has 1 amide bonds. The average Bonchev–Trinajstić information content (AvgIpc) is 2.84. The van der Waals surface area contributed by atoms with Gasteiger partial charge in [0.1, 0.15) is 0 Å². The molecule has 0 spiro atoms. The van der Waals surface area contributed by atoms with Crippen LogP contribution >= 0.6 is 0 Å². The summed E-state index contributed by atoms with van der Waals surface area (Å²) in [6.45, 7) is 11.1. The van der Waals surface area contributed by atoms with Crippen LogP contribution in [0.3, 0.4) is 0 Å². The lowest BCUT2D eigenvalue weighted by atomic mass is 10.1. The van der Waals surface area contributed by atoms with Crippen LogP contribution in [-0.4, -0.2) is 107 Å².